The quantitative estimate of drug-likeness (QED) is 0.199. The molecule has 0 N–H and O–H groups in total. The fraction of sp³-hybridized carbons (Fsp3) is 0. The molecule has 0 amide bonds. The van der Waals surface area contributed by atoms with Crippen LogP contribution in [-0.2, 0) is 0 Å². The van der Waals surface area contributed by atoms with Gasteiger partial charge in [0, 0.05) is 27.8 Å². The van der Waals surface area contributed by atoms with E-state index < -0.39 is 0 Å². The predicted molar refractivity (Wildman–Crippen MR) is 182 cm³/mol. The van der Waals surface area contributed by atoms with Gasteiger partial charge in [-0.05, 0) is 47.2 Å². The molecule has 0 aliphatic heterocycles. The van der Waals surface area contributed by atoms with E-state index in [0.717, 1.165) is 61.0 Å². The van der Waals surface area contributed by atoms with Crippen molar-refractivity contribution in [2.45, 2.75) is 0 Å². The first-order chi connectivity index (χ1) is 22.7. The maximum absolute atomic E-state index is 9.31. The average molecular weight is 589 g/mol. The second kappa shape index (κ2) is 11.5. The molecule has 46 heavy (non-hydrogen) atoms. The summed E-state index contributed by atoms with van der Waals surface area (Å²) in [6.45, 7) is 0. The van der Waals surface area contributed by atoms with Crippen molar-refractivity contribution in [2.24, 2.45) is 0 Å². The van der Waals surface area contributed by atoms with E-state index in [1.54, 1.807) is 0 Å². The van der Waals surface area contributed by atoms with Crippen molar-refractivity contribution in [2.75, 3.05) is 0 Å². The molecule has 6 aromatic carbocycles. The van der Waals surface area contributed by atoms with E-state index in [9.17, 15) is 5.26 Å². The summed E-state index contributed by atoms with van der Waals surface area (Å²) >= 11 is 0. The first-order valence-electron chi connectivity index (χ1n) is 14.9. The first-order valence-corrected chi connectivity index (χ1v) is 14.9. The maximum Gasteiger partial charge on any atom is 0.164 e. The molecule has 0 unspecified atom stereocenters. The molecule has 8 aromatic rings. The Morgan fingerprint density at radius 1 is 0.370 bits per heavy atom. The topological polar surface area (TPSA) is 88.2 Å². The van der Waals surface area contributed by atoms with Crippen LogP contribution in [0.3, 0.4) is 0 Å². The molecule has 2 heterocycles. The zero-order valence-corrected chi connectivity index (χ0v) is 24.5. The van der Waals surface area contributed by atoms with E-state index in [-0.39, 0.29) is 0 Å². The van der Waals surface area contributed by atoms with Gasteiger partial charge in [0.05, 0.1) is 34.1 Å². The Hall–Kier alpha value is -6.58. The van der Waals surface area contributed by atoms with Gasteiger partial charge in [-0.15, -0.1) is 0 Å². The highest BCUT2D eigenvalue weighted by atomic mass is 15.0. The van der Waals surface area contributed by atoms with Gasteiger partial charge in [0.25, 0.3) is 0 Å². The van der Waals surface area contributed by atoms with Crippen molar-refractivity contribution in [1.29, 1.82) is 5.26 Å². The molecule has 6 heteroatoms. The fourth-order valence-electron chi connectivity index (χ4n) is 5.58. The molecular weight excluding hydrogens is 564 g/mol. The van der Waals surface area contributed by atoms with Crippen molar-refractivity contribution in [3.05, 3.63) is 151 Å². The Balaban J connectivity index is 1.24. The van der Waals surface area contributed by atoms with Gasteiger partial charge in [-0.25, -0.2) is 24.9 Å². The highest BCUT2D eigenvalue weighted by molar-refractivity contribution is 5.93. The number of aromatic nitrogens is 5. The molecule has 0 saturated carbocycles. The molecule has 0 saturated heterocycles. The number of hydrogen-bond acceptors (Lipinski definition) is 6. The molecule has 0 atom stereocenters. The molecule has 2 aromatic heterocycles. The van der Waals surface area contributed by atoms with Crippen molar-refractivity contribution in [3.63, 3.8) is 0 Å². The van der Waals surface area contributed by atoms with Crippen LogP contribution >= 0.6 is 0 Å². The molecule has 0 spiro atoms. The summed E-state index contributed by atoms with van der Waals surface area (Å²) in [7, 11) is 0. The highest BCUT2D eigenvalue weighted by Gasteiger charge is 2.16. The number of benzene rings is 6. The van der Waals surface area contributed by atoms with Crippen LogP contribution in [0.5, 0.6) is 0 Å². The summed E-state index contributed by atoms with van der Waals surface area (Å²) in [5.41, 5.74) is 8.43. The molecule has 6 nitrogen and oxygen atoms in total. The summed E-state index contributed by atoms with van der Waals surface area (Å²) in [6.07, 6.45) is 0. The van der Waals surface area contributed by atoms with Gasteiger partial charge in [0.1, 0.15) is 0 Å². The van der Waals surface area contributed by atoms with Gasteiger partial charge < -0.3 is 0 Å². The third-order valence-electron chi connectivity index (χ3n) is 7.93. The lowest BCUT2D eigenvalue weighted by Crippen LogP contribution is -2.00. The molecule has 0 aliphatic carbocycles. The number of fused-ring (bicyclic) bond motifs is 2. The van der Waals surface area contributed by atoms with Crippen LogP contribution in [-0.4, -0.2) is 24.9 Å². The van der Waals surface area contributed by atoms with E-state index >= 15 is 0 Å². The lowest BCUT2D eigenvalue weighted by atomic mass is 9.99. The molecular formula is C40H24N6. The van der Waals surface area contributed by atoms with Crippen molar-refractivity contribution in [1.82, 2.24) is 24.9 Å². The summed E-state index contributed by atoms with van der Waals surface area (Å²) < 4.78 is 0. The second-order valence-corrected chi connectivity index (χ2v) is 10.9. The van der Waals surface area contributed by atoms with Crippen LogP contribution in [0.2, 0.25) is 0 Å². The van der Waals surface area contributed by atoms with Gasteiger partial charge in [-0.2, -0.15) is 5.26 Å². The van der Waals surface area contributed by atoms with Crippen molar-refractivity contribution >= 4 is 21.8 Å². The van der Waals surface area contributed by atoms with Gasteiger partial charge in [-0.1, -0.05) is 109 Å². The highest BCUT2D eigenvalue weighted by Crippen LogP contribution is 2.34. The number of hydrogen-bond donors (Lipinski definition) is 0. The molecule has 0 aliphatic rings. The van der Waals surface area contributed by atoms with Gasteiger partial charge in [0.2, 0.25) is 0 Å². The zero-order valence-electron chi connectivity index (χ0n) is 24.5. The Kier molecular flexibility index (Phi) is 6.75. The van der Waals surface area contributed by atoms with E-state index in [2.05, 4.69) is 42.5 Å². The minimum atomic E-state index is 0.602. The smallest absolute Gasteiger partial charge is 0.164 e. The monoisotopic (exact) mass is 588 g/mol. The van der Waals surface area contributed by atoms with Crippen LogP contribution < -0.4 is 0 Å². The lowest BCUT2D eigenvalue weighted by Gasteiger charge is -2.12. The maximum atomic E-state index is 9.31. The van der Waals surface area contributed by atoms with Gasteiger partial charge >= 0.3 is 0 Å². The fourth-order valence-corrected chi connectivity index (χ4v) is 5.58. The van der Waals surface area contributed by atoms with E-state index in [1.165, 1.54) is 0 Å². The molecule has 0 bridgehead atoms. The van der Waals surface area contributed by atoms with Crippen molar-refractivity contribution in [3.8, 4) is 62.7 Å². The average Bonchev–Trinajstić information content (AvgIpc) is 3.14. The standard InChI is InChI=1S/C40H24N6/c41-25-26-15-17-27(18-16-26)36-37(43-35-14-8-7-13-34(35)42-36)32-21-19-31-24-33(22-20-30(31)23-32)40-45-38(28-9-3-1-4-10-28)44-39(46-40)29-11-5-2-6-12-29/h1-24H. The van der Waals surface area contributed by atoms with Crippen LogP contribution in [0, 0.1) is 11.3 Å². The lowest BCUT2D eigenvalue weighted by molar-refractivity contribution is 1.07. The minimum absolute atomic E-state index is 0.602. The summed E-state index contributed by atoms with van der Waals surface area (Å²) in [5, 5.41) is 11.4. The first kappa shape index (κ1) is 27.0. The van der Waals surface area contributed by atoms with Crippen molar-refractivity contribution < 1.29 is 0 Å². The van der Waals surface area contributed by atoms with Crippen LogP contribution in [0.15, 0.2) is 146 Å². The second-order valence-electron chi connectivity index (χ2n) is 10.9. The number of nitrogens with zero attached hydrogens (tertiary/aromatic N) is 6. The Bertz CT molecular complexity index is 2360. The van der Waals surface area contributed by atoms with E-state index in [0.29, 0.717) is 23.0 Å². The third-order valence-corrected chi connectivity index (χ3v) is 7.93. The summed E-state index contributed by atoms with van der Waals surface area (Å²) in [5.74, 6) is 1.87. The van der Waals surface area contributed by atoms with Gasteiger partial charge in [0.15, 0.2) is 17.5 Å². The van der Waals surface area contributed by atoms with Crippen LogP contribution in [0.25, 0.3) is 78.5 Å². The number of rotatable bonds is 5. The predicted octanol–water partition coefficient (Wildman–Crippen LogP) is 9.17. The van der Waals surface area contributed by atoms with E-state index in [4.69, 9.17) is 24.9 Å². The number of para-hydroxylation sites is 2. The SMILES string of the molecule is N#Cc1ccc(-c2nc3ccccc3nc2-c2ccc3cc(-c4nc(-c5ccccc5)nc(-c5ccccc5)n4)ccc3c2)cc1. The summed E-state index contributed by atoms with van der Waals surface area (Å²) in [4.78, 5) is 24.7. The molecule has 8 rings (SSSR count). The molecule has 0 fully saturated rings. The Morgan fingerprint density at radius 3 is 1.35 bits per heavy atom. The van der Waals surface area contributed by atoms with Gasteiger partial charge in [-0.3, -0.25) is 0 Å². The van der Waals surface area contributed by atoms with E-state index in [1.807, 2.05) is 109 Å². The Labute approximate surface area is 265 Å². The zero-order chi connectivity index (χ0) is 30.9. The van der Waals surface area contributed by atoms with Crippen LogP contribution in [0.1, 0.15) is 5.56 Å². The summed E-state index contributed by atoms with van der Waals surface area (Å²) in [6, 6.07) is 50.1. The number of nitriles is 1. The Morgan fingerprint density at radius 2 is 0.804 bits per heavy atom. The molecule has 0 radical (unpaired) electrons. The van der Waals surface area contributed by atoms with Crippen LogP contribution in [0.4, 0.5) is 0 Å². The molecule has 214 valence electrons. The third kappa shape index (κ3) is 5.12. The normalized spacial score (nSPS) is 11.0. The largest absolute Gasteiger partial charge is 0.244 e. The minimum Gasteiger partial charge on any atom is -0.244 e.